The van der Waals surface area contributed by atoms with Crippen molar-refractivity contribution in [3.63, 3.8) is 0 Å². The molecule has 2 aliphatic heterocycles. The van der Waals surface area contributed by atoms with Gasteiger partial charge in [0.1, 0.15) is 28.2 Å². The number of morpholine rings is 1. The van der Waals surface area contributed by atoms with E-state index < -0.39 is 6.10 Å². The first-order valence-electron chi connectivity index (χ1n) is 10.0. The number of likely N-dealkylation sites (tertiary alicyclic amines) is 1. The number of likely N-dealkylation sites (N-methyl/N-ethyl adjacent to an activating group) is 1. The van der Waals surface area contributed by atoms with Crippen LogP contribution in [0.15, 0.2) is 15.3 Å². The molecule has 29 heavy (non-hydrogen) atoms. The van der Waals surface area contributed by atoms with Gasteiger partial charge in [0.25, 0.3) is 0 Å². The van der Waals surface area contributed by atoms with Crippen LogP contribution in [0.2, 0.25) is 0 Å². The van der Waals surface area contributed by atoms with E-state index in [0.717, 1.165) is 6.54 Å². The van der Waals surface area contributed by atoms with Gasteiger partial charge in [-0.05, 0) is 26.9 Å². The van der Waals surface area contributed by atoms with Crippen LogP contribution in [0.1, 0.15) is 29.2 Å². The topological polar surface area (TPSA) is 107 Å². The molecule has 0 aliphatic carbocycles. The first-order chi connectivity index (χ1) is 13.9. The number of aromatic hydroxyl groups is 2. The van der Waals surface area contributed by atoms with Crippen LogP contribution < -0.4 is 5.43 Å². The summed E-state index contributed by atoms with van der Waals surface area (Å²) in [7, 11) is 1.93. The number of hydrogen-bond donors (Lipinski definition) is 3. The molecule has 3 N–H and O–H groups in total. The minimum Gasteiger partial charge on any atom is -0.507 e. The Kier molecular flexibility index (Phi) is 5.52. The van der Waals surface area contributed by atoms with Gasteiger partial charge in [-0.3, -0.25) is 9.69 Å². The molecule has 0 radical (unpaired) electrons. The first kappa shape index (κ1) is 20.2. The predicted octanol–water partition coefficient (Wildman–Crippen LogP) is 1.12. The maximum atomic E-state index is 12.7. The van der Waals surface area contributed by atoms with Crippen LogP contribution in [0.25, 0.3) is 11.0 Å². The van der Waals surface area contributed by atoms with Gasteiger partial charge in [0, 0.05) is 43.7 Å². The van der Waals surface area contributed by atoms with Crippen molar-refractivity contribution in [3.8, 4) is 11.5 Å². The summed E-state index contributed by atoms with van der Waals surface area (Å²) in [5.41, 5.74) is 0.539. The van der Waals surface area contributed by atoms with Gasteiger partial charge in [-0.15, -0.1) is 0 Å². The molecule has 2 fully saturated rings. The quantitative estimate of drug-likeness (QED) is 0.699. The third-order valence-corrected chi connectivity index (χ3v) is 6.02. The van der Waals surface area contributed by atoms with E-state index in [0.29, 0.717) is 62.7 Å². The molecule has 0 spiro atoms. The summed E-state index contributed by atoms with van der Waals surface area (Å²) in [6.45, 7) is 5.66. The summed E-state index contributed by atoms with van der Waals surface area (Å²) in [5.74, 6) is -0.332. The molecule has 3 heterocycles. The van der Waals surface area contributed by atoms with Gasteiger partial charge in [0.05, 0.1) is 24.9 Å². The minimum absolute atomic E-state index is 0.0674. The van der Waals surface area contributed by atoms with E-state index in [1.54, 1.807) is 6.92 Å². The van der Waals surface area contributed by atoms with Gasteiger partial charge in [0.15, 0.2) is 5.43 Å². The maximum Gasteiger partial charge on any atom is 0.196 e. The molecular weight excluding hydrogens is 376 g/mol. The van der Waals surface area contributed by atoms with E-state index in [1.165, 1.54) is 6.07 Å². The molecule has 2 aliphatic rings. The summed E-state index contributed by atoms with van der Waals surface area (Å²) < 4.78 is 11.2. The summed E-state index contributed by atoms with van der Waals surface area (Å²) in [6.07, 6.45) is -0.103. The second-order valence-corrected chi connectivity index (χ2v) is 8.13. The maximum absolute atomic E-state index is 12.7. The number of phenols is 2. The molecule has 8 heteroatoms. The number of rotatable bonds is 3. The number of piperidine rings is 1. The zero-order valence-electron chi connectivity index (χ0n) is 16.8. The third-order valence-electron chi connectivity index (χ3n) is 6.02. The molecule has 2 saturated heterocycles. The minimum atomic E-state index is -0.713. The van der Waals surface area contributed by atoms with Crippen molar-refractivity contribution < 1.29 is 24.5 Å². The molecule has 0 amide bonds. The molecular formula is C21H28N2O6. The highest BCUT2D eigenvalue weighted by molar-refractivity contribution is 5.90. The standard InChI is InChI=1S/C21H28N2O6/c1-12-9-15(24)18-20(27)14(10-23-5-7-28-8-6-23)19(26)17(21(18)29-12)13-3-4-22(2)11-16(13)25/h9,13,16,25-27H,3-8,10-11H2,1-2H3. The molecule has 0 saturated carbocycles. The van der Waals surface area contributed by atoms with Crippen molar-refractivity contribution in [1.29, 1.82) is 0 Å². The lowest BCUT2D eigenvalue weighted by Gasteiger charge is -2.35. The van der Waals surface area contributed by atoms with Gasteiger partial charge < -0.3 is 29.4 Å². The highest BCUT2D eigenvalue weighted by atomic mass is 16.5. The van der Waals surface area contributed by atoms with Crippen molar-refractivity contribution in [2.75, 3.05) is 46.4 Å². The molecule has 158 valence electrons. The van der Waals surface area contributed by atoms with Crippen molar-refractivity contribution in [3.05, 3.63) is 33.2 Å². The lowest BCUT2D eigenvalue weighted by Crippen LogP contribution is -2.40. The molecule has 2 atom stereocenters. The molecule has 8 nitrogen and oxygen atoms in total. The largest absolute Gasteiger partial charge is 0.507 e. The van der Waals surface area contributed by atoms with Crippen LogP contribution in [0.5, 0.6) is 11.5 Å². The average molecular weight is 404 g/mol. The summed E-state index contributed by atoms with van der Waals surface area (Å²) in [4.78, 5) is 16.8. The number of aryl methyl sites for hydroxylation is 1. The Morgan fingerprint density at radius 2 is 1.90 bits per heavy atom. The van der Waals surface area contributed by atoms with E-state index in [2.05, 4.69) is 4.90 Å². The van der Waals surface area contributed by atoms with Gasteiger partial charge >= 0.3 is 0 Å². The Labute approximate surface area is 168 Å². The van der Waals surface area contributed by atoms with E-state index in [4.69, 9.17) is 9.15 Å². The van der Waals surface area contributed by atoms with Crippen LogP contribution in [0, 0.1) is 6.92 Å². The Hall–Kier alpha value is -2.13. The fourth-order valence-electron chi connectivity index (χ4n) is 4.46. The van der Waals surface area contributed by atoms with Crippen molar-refractivity contribution in [2.24, 2.45) is 0 Å². The molecule has 2 aromatic rings. The van der Waals surface area contributed by atoms with Gasteiger partial charge in [-0.25, -0.2) is 0 Å². The number of aliphatic hydroxyl groups excluding tert-OH is 1. The van der Waals surface area contributed by atoms with Crippen molar-refractivity contribution in [1.82, 2.24) is 9.80 Å². The lowest BCUT2D eigenvalue weighted by atomic mass is 9.84. The van der Waals surface area contributed by atoms with E-state index in [9.17, 15) is 20.1 Å². The number of β-amino-alcohol motifs (C(OH)–C–C–N with tert-alkyl or cyclic N) is 1. The summed E-state index contributed by atoms with van der Waals surface area (Å²) in [5, 5.41) is 32.9. The monoisotopic (exact) mass is 404 g/mol. The molecule has 0 bridgehead atoms. The summed E-state index contributed by atoms with van der Waals surface area (Å²) >= 11 is 0. The number of aliphatic hydroxyl groups is 1. The van der Waals surface area contributed by atoms with Crippen LogP contribution in [0.4, 0.5) is 0 Å². The van der Waals surface area contributed by atoms with E-state index >= 15 is 0 Å². The Morgan fingerprint density at radius 1 is 1.17 bits per heavy atom. The highest BCUT2D eigenvalue weighted by Crippen LogP contribution is 2.45. The SMILES string of the molecule is Cc1cc(=O)c2c(O)c(CN3CCOCC3)c(O)c(C3CCN(C)CC3O)c2o1. The second kappa shape index (κ2) is 7.95. The number of nitrogens with zero attached hydrogens (tertiary/aromatic N) is 2. The lowest BCUT2D eigenvalue weighted by molar-refractivity contribution is 0.0335. The predicted molar refractivity (Wildman–Crippen MR) is 108 cm³/mol. The first-order valence-corrected chi connectivity index (χ1v) is 10.0. The Balaban J connectivity index is 1.91. The fourth-order valence-corrected chi connectivity index (χ4v) is 4.46. The van der Waals surface area contributed by atoms with Crippen molar-refractivity contribution >= 4 is 11.0 Å². The fraction of sp³-hybridized carbons (Fsp3) is 0.571. The number of ether oxygens (including phenoxy) is 1. The highest BCUT2D eigenvalue weighted by Gasteiger charge is 2.35. The number of hydrogen-bond acceptors (Lipinski definition) is 8. The Morgan fingerprint density at radius 3 is 2.59 bits per heavy atom. The van der Waals surface area contributed by atoms with Crippen molar-refractivity contribution in [2.45, 2.75) is 31.9 Å². The van der Waals surface area contributed by atoms with E-state index in [1.807, 2.05) is 11.9 Å². The van der Waals surface area contributed by atoms with Gasteiger partial charge in [-0.1, -0.05) is 0 Å². The van der Waals surface area contributed by atoms with E-state index in [-0.39, 0.29) is 33.8 Å². The normalized spacial score (nSPS) is 24.2. The molecule has 2 unspecified atom stereocenters. The number of phenolic OH excluding ortho intramolecular Hbond substituents is 2. The van der Waals surface area contributed by atoms with Crippen LogP contribution in [0.3, 0.4) is 0 Å². The van der Waals surface area contributed by atoms with Crippen LogP contribution >= 0.6 is 0 Å². The van der Waals surface area contributed by atoms with Gasteiger partial charge in [-0.2, -0.15) is 0 Å². The van der Waals surface area contributed by atoms with Crippen LogP contribution in [-0.4, -0.2) is 77.7 Å². The molecule has 4 rings (SSSR count). The number of fused-ring (bicyclic) bond motifs is 1. The zero-order chi connectivity index (χ0) is 20.7. The average Bonchev–Trinajstić information content (AvgIpc) is 2.67. The second-order valence-electron chi connectivity index (χ2n) is 8.13. The molecule has 1 aromatic heterocycles. The number of benzene rings is 1. The van der Waals surface area contributed by atoms with Gasteiger partial charge in [0.2, 0.25) is 0 Å². The smallest absolute Gasteiger partial charge is 0.196 e. The molecule has 1 aromatic carbocycles. The Bertz CT molecular complexity index is 966. The third kappa shape index (κ3) is 3.73. The zero-order valence-corrected chi connectivity index (χ0v) is 16.8. The van der Waals surface area contributed by atoms with Crippen LogP contribution in [-0.2, 0) is 11.3 Å². The summed E-state index contributed by atoms with van der Waals surface area (Å²) in [6, 6.07) is 1.34.